The first kappa shape index (κ1) is 12.9. The summed E-state index contributed by atoms with van der Waals surface area (Å²) in [6.45, 7) is 2.95. The van der Waals surface area contributed by atoms with Crippen LogP contribution in [0.5, 0.6) is 0 Å². The van der Waals surface area contributed by atoms with Gasteiger partial charge in [-0.25, -0.2) is 4.98 Å². The molecule has 1 aromatic heterocycles. The lowest BCUT2D eigenvalue weighted by Crippen LogP contribution is -2.45. The van der Waals surface area contributed by atoms with Crippen LogP contribution in [-0.2, 0) is 13.0 Å². The minimum Gasteiger partial charge on any atom is -0.271 e. The van der Waals surface area contributed by atoms with Crippen molar-refractivity contribution in [2.75, 3.05) is 5.75 Å². The number of hydrogen-bond donors (Lipinski definition) is 2. The summed E-state index contributed by atoms with van der Waals surface area (Å²) in [5.74, 6) is 7.97. The van der Waals surface area contributed by atoms with Gasteiger partial charge in [0.05, 0.1) is 0 Å². The Labute approximate surface area is 107 Å². The van der Waals surface area contributed by atoms with Gasteiger partial charge in [0, 0.05) is 24.3 Å². The molecular weight excluding hydrogens is 234 g/mol. The van der Waals surface area contributed by atoms with Gasteiger partial charge in [-0.05, 0) is 25.5 Å². The monoisotopic (exact) mass is 255 g/mol. The number of aromatic nitrogens is 3. The average molecular weight is 255 g/mol. The fourth-order valence-corrected chi connectivity index (χ4v) is 3.70. The first-order valence-corrected chi connectivity index (χ1v) is 7.34. The largest absolute Gasteiger partial charge is 0.271 e. The van der Waals surface area contributed by atoms with Crippen molar-refractivity contribution in [2.24, 2.45) is 5.84 Å². The molecule has 6 heteroatoms. The summed E-state index contributed by atoms with van der Waals surface area (Å²) in [5.41, 5.74) is 2.96. The lowest BCUT2D eigenvalue weighted by molar-refractivity contribution is 0.452. The van der Waals surface area contributed by atoms with Crippen molar-refractivity contribution in [3.63, 3.8) is 0 Å². The molecule has 1 aliphatic heterocycles. The summed E-state index contributed by atoms with van der Waals surface area (Å²) in [6, 6.07) is 0.301. The Balaban J connectivity index is 1.98. The standard InChI is InChI=1S/C11H21N5S/c1-2-16-11(13-8-14-16)7-9(15-12)10-5-3-4-6-17-10/h8-10,15H,2-7,12H2,1H3. The SMILES string of the molecule is CCn1ncnc1CC(NN)C1CCCCS1. The number of hydrazine groups is 1. The summed E-state index contributed by atoms with van der Waals surface area (Å²) in [5, 5.41) is 4.80. The van der Waals surface area contributed by atoms with Crippen LogP contribution >= 0.6 is 11.8 Å². The van der Waals surface area contributed by atoms with Crippen molar-refractivity contribution >= 4 is 11.8 Å². The number of nitrogens with two attached hydrogens (primary N) is 1. The lowest BCUT2D eigenvalue weighted by atomic mass is 10.0. The van der Waals surface area contributed by atoms with Crippen molar-refractivity contribution in [3.8, 4) is 0 Å². The summed E-state index contributed by atoms with van der Waals surface area (Å²) < 4.78 is 1.94. The molecule has 2 heterocycles. The second-order valence-corrected chi connectivity index (χ2v) is 5.72. The van der Waals surface area contributed by atoms with Gasteiger partial charge >= 0.3 is 0 Å². The second-order valence-electron chi connectivity index (χ2n) is 4.37. The predicted octanol–water partition coefficient (Wildman–Crippen LogP) is 0.958. The van der Waals surface area contributed by atoms with Crippen LogP contribution in [0.3, 0.4) is 0 Å². The van der Waals surface area contributed by atoms with Gasteiger partial charge < -0.3 is 0 Å². The molecule has 2 atom stereocenters. The zero-order chi connectivity index (χ0) is 12.1. The molecule has 5 nitrogen and oxygen atoms in total. The van der Waals surface area contributed by atoms with Gasteiger partial charge in [0.15, 0.2) is 0 Å². The Morgan fingerprint density at radius 1 is 1.65 bits per heavy atom. The Hall–Kier alpha value is -0.590. The maximum Gasteiger partial charge on any atom is 0.138 e. The van der Waals surface area contributed by atoms with E-state index < -0.39 is 0 Å². The molecule has 17 heavy (non-hydrogen) atoms. The molecule has 96 valence electrons. The highest BCUT2D eigenvalue weighted by Gasteiger charge is 2.24. The van der Waals surface area contributed by atoms with E-state index in [1.807, 2.05) is 16.4 Å². The molecule has 1 aromatic rings. The van der Waals surface area contributed by atoms with Crippen LogP contribution in [0, 0.1) is 0 Å². The molecule has 2 unspecified atom stereocenters. The third-order valence-corrected chi connectivity index (χ3v) is 4.79. The van der Waals surface area contributed by atoms with E-state index in [4.69, 9.17) is 5.84 Å². The molecule has 0 spiro atoms. The van der Waals surface area contributed by atoms with Gasteiger partial charge in [0.2, 0.25) is 0 Å². The number of aryl methyl sites for hydroxylation is 1. The van der Waals surface area contributed by atoms with E-state index in [-0.39, 0.29) is 0 Å². The fourth-order valence-electron chi connectivity index (χ4n) is 2.29. The van der Waals surface area contributed by atoms with Crippen LogP contribution in [0.25, 0.3) is 0 Å². The number of rotatable bonds is 5. The number of nitrogens with zero attached hydrogens (tertiary/aromatic N) is 3. The van der Waals surface area contributed by atoms with E-state index in [2.05, 4.69) is 22.4 Å². The number of thioether (sulfide) groups is 1. The van der Waals surface area contributed by atoms with Crippen LogP contribution in [0.15, 0.2) is 6.33 Å². The van der Waals surface area contributed by atoms with Gasteiger partial charge in [-0.3, -0.25) is 16.0 Å². The molecule has 0 amide bonds. The lowest BCUT2D eigenvalue weighted by Gasteiger charge is -2.29. The molecule has 0 aromatic carbocycles. The third kappa shape index (κ3) is 3.20. The highest BCUT2D eigenvalue weighted by atomic mass is 32.2. The van der Waals surface area contributed by atoms with Crippen molar-refractivity contribution in [2.45, 2.75) is 50.4 Å². The van der Waals surface area contributed by atoms with E-state index in [0.717, 1.165) is 18.8 Å². The average Bonchev–Trinajstić information content (AvgIpc) is 2.84. The summed E-state index contributed by atoms with van der Waals surface area (Å²) in [7, 11) is 0. The van der Waals surface area contributed by atoms with Gasteiger partial charge in [0.25, 0.3) is 0 Å². The Morgan fingerprint density at radius 3 is 3.18 bits per heavy atom. The molecular formula is C11H21N5S. The van der Waals surface area contributed by atoms with Crippen LogP contribution in [0.1, 0.15) is 32.0 Å². The first-order chi connectivity index (χ1) is 8.35. The first-order valence-electron chi connectivity index (χ1n) is 6.29. The molecule has 3 N–H and O–H groups in total. The van der Waals surface area contributed by atoms with Gasteiger partial charge in [-0.1, -0.05) is 6.42 Å². The van der Waals surface area contributed by atoms with E-state index in [0.29, 0.717) is 11.3 Å². The molecule has 0 aliphatic carbocycles. The molecule has 0 saturated carbocycles. The summed E-state index contributed by atoms with van der Waals surface area (Å²) >= 11 is 2.03. The normalized spacial score (nSPS) is 22.6. The van der Waals surface area contributed by atoms with Crippen LogP contribution in [0.2, 0.25) is 0 Å². The maximum atomic E-state index is 5.69. The van der Waals surface area contributed by atoms with Gasteiger partial charge in [0.1, 0.15) is 12.2 Å². The molecule has 0 bridgehead atoms. The van der Waals surface area contributed by atoms with E-state index in [1.54, 1.807) is 6.33 Å². The molecule has 1 aliphatic rings. The van der Waals surface area contributed by atoms with Crippen molar-refractivity contribution in [1.29, 1.82) is 0 Å². The van der Waals surface area contributed by atoms with E-state index >= 15 is 0 Å². The Morgan fingerprint density at radius 2 is 2.53 bits per heavy atom. The highest BCUT2D eigenvalue weighted by Crippen LogP contribution is 2.28. The number of hydrogen-bond acceptors (Lipinski definition) is 5. The van der Waals surface area contributed by atoms with Gasteiger partial charge in [-0.2, -0.15) is 16.9 Å². The highest BCUT2D eigenvalue weighted by molar-refractivity contribution is 8.00. The maximum absolute atomic E-state index is 5.69. The van der Waals surface area contributed by atoms with Crippen LogP contribution < -0.4 is 11.3 Å². The Bertz CT molecular complexity index is 334. The molecule has 2 rings (SSSR count). The van der Waals surface area contributed by atoms with Crippen molar-refractivity contribution in [1.82, 2.24) is 20.2 Å². The summed E-state index contributed by atoms with van der Waals surface area (Å²) in [4.78, 5) is 4.32. The number of nitrogens with one attached hydrogen (secondary N) is 1. The molecule has 1 fully saturated rings. The quantitative estimate of drug-likeness (QED) is 0.606. The third-order valence-electron chi connectivity index (χ3n) is 3.28. The summed E-state index contributed by atoms with van der Waals surface area (Å²) in [6.07, 6.45) is 6.39. The Kier molecular flexibility index (Phi) is 4.82. The van der Waals surface area contributed by atoms with E-state index in [9.17, 15) is 0 Å². The topological polar surface area (TPSA) is 68.8 Å². The molecule has 0 radical (unpaired) electrons. The van der Waals surface area contributed by atoms with E-state index in [1.165, 1.54) is 25.0 Å². The van der Waals surface area contributed by atoms with Crippen LogP contribution in [0.4, 0.5) is 0 Å². The van der Waals surface area contributed by atoms with Crippen LogP contribution in [-0.4, -0.2) is 31.8 Å². The zero-order valence-electron chi connectivity index (χ0n) is 10.3. The zero-order valence-corrected chi connectivity index (χ0v) is 11.1. The minimum atomic E-state index is 0.301. The predicted molar refractivity (Wildman–Crippen MR) is 70.6 cm³/mol. The van der Waals surface area contributed by atoms with Crippen molar-refractivity contribution in [3.05, 3.63) is 12.2 Å². The smallest absolute Gasteiger partial charge is 0.138 e. The fraction of sp³-hybridized carbons (Fsp3) is 0.818. The second kappa shape index (κ2) is 6.37. The molecule has 1 saturated heterocycles. The minimum absolute atomic E-state index is 0.301. The van der Waals surface area contributed by atoms with Crippen molar-refractivity contribution < 1.29 is 0 Å². The van der Waals surface area contributed by atoms with Gasteiger partial charge in [-0.15, -0.1) is 0 Å².